The molecular weight excluding hydrogens is 448 g/mol. The molecule has 1 aliphatic heterocycles. The second-order valence-corrected chi connectivity index (χ2v) is 8.38. The van der Waals surface area contributed by atoms with Gasteiger partial charge in [-0.2, -0.15) is 0 Å². The highest BCUT2D eigenvalue weighted by atomic mass is 16.5. The van der Waals surface area contributed by atoms with Gasteiger partial charge in [0.15, 0.2) is 0 Å². The van der Waals surface area contributed by atoms with Gasteiger partial charge in [-0.1, -0.05) is 12.1 Å². The van der Waals surface area contributed by atoms with Crippen molar-refractivity contribution >= 4 is 11.8 Å². The van der Waals surface area contributed by atoms with Crippen molar-refractivity contribution in [2.45, 2.75) is 32.4 Å². The lowest BCUT2D eigenvalue weighted by molar-refractivity contribution is 0.0913. The summed E-state index contributed by atoms with van der Waals surface area (Å²) in [4.78, 5) is 33.7. The van der Waals surface area contributed by atoms with Gasteiger partial charge in [0, 0.05) is 43.1 Å². The molecule has 9 heteroatoms. The average Bonchev–Trinajstić information content (AvgIpc) is 2.87. The summed E-state index contributed by atoms with van der Waals surface area (Å²) < 4.78 is 16.7. The molecule has 4 rings (SSSR count). The normalized spacial score (nSPS) is 14.5. The van der Waals surface area contributed by atoms with Crippen molar-refractivity contribution in [2.75, 3.05) is 20.8 Å². The molecule has 2 aromatic heterocycles. The van der Waals surface area contributed by atoms with E-state index in [0.29, 0.717) is 30.0 Å². The summed E-state index contributed by atoms with van der Waals surface area (Å²) in [6, 6.07) is 10.6. The van der Waals surface area contributed by atoms with Crippen LogP contribution in [0.3, 0.4) is 0 Å². The molecule has 1 aromatic carbocycles. The fraction of sp³-hybridized carbons (Fsp3) is 0.308. The van der Waals surface area contributed by atoms with Crippen molar-refractivity contribution in [3.63, 3.8) is 0 Å². The molecule has 2 N–H and O–H groups in total. The van der Waals surface area contributed by atoms with E-state index in [-0.39, 0.29) is 29.8 Å². The minimum Gasteiger partial charge on any atom is -0.491 e. The van der Waals surface area contributed by atoms with Crippen LogP contribution in [0.4, 0.5) is 0 Å². The highest BCUT2D eigenvalue weighted by Gasteiger charge is 2.25. The van der Waals surface area contributed by atoms with Gasteiger partial charge in [-0.15, -0.1) is 0 Å². The number of amides is 2. The Morgan fingerprint density at radius 3 is 2.63 bits per heavy atom. The van der Waals surface area contributed by atoms with E-state index in [4.69, 9.17) is 14.2 Å². The number of fused-ring (bicyclic) bond motifs is 1. The molecule has 0 bridgehead atoms. The number of methoxy groups -OCH3 is 1. The number of nitrogens with one attached hydrogen (secondary N) is 2. The maximum Gasteiger partial charge on any atom is 0.256 e. The third-order valence-electron chi connectivity index (χ3n) is 5.54. The first-order valence-electron chi connectivity index (χ1n) is 11.3. The molecule has 3 heterocycles. The predicted molar refractivity (Wildman–Crippen MR) is 130 cm³/mol. The van der Waals surface area contributed by atoms with E-state index in [2.05, 4.69) is 20.6 Å². The summed E-state index contributed by atoms with van der Waals surface area (Å²) in [6.45, 7) is 4.17. The Morgan fingerprint density at radius 1 is 1.11 bits per heavy atom. The zero-order chi connectivity index (χ0) is 24.9. The molecule has 0 saturated heterocycles. The summed E-state index contributed by atoms with van der Waals surface area (Å²) in [5.41, 5.74) is 3.33. The topological polar surface area (TPSA) is 112 Å². The highest BCUT2D eigenvalue weighted by Crippen LogP contribution is 2.35. The van der Waals surface area contributed by atoms with E-state index in [1.54, 1.807) is 31.4 Å². The Balaban J connectivity index is 1.55. The Bertz CT molecular complexity index is 1230. The Hall–Kier alpha value is -4.14. The zero-order valence-corrected chi connectivity index (χ0v) is 20.1. The quantitative estimate of drug-likeness (QED) is 0.539. The fourth-order valence-corrected chi connectivity index (χ4v) is 3.92. The molecule has 3 aromatic rings. The maximum atomic E-state index is 12.8. The van der Waals surface area contributed by atoms with Crippen molar-refractivity contribution in [1.29, 1.82) is 0 Å². The van der Waals surface area contributed by atoms with Gasteiger partial charge in [-0.25, -0.2) is 9.97 Å². The molecule has 0 saturated carbocycles. The lowest BCUT2D eigenvalue weighted by Gasteiger charge is -2.28. The summed E-state index contributed by atoms with van der Waals surface area (Å²) in [5.74, 6) is 0.928. The predicted octanol–water partition coefficient (Wildman–Crippen LogP) is 3.03. The molecule has 9 nitrogen and oxygen atoms in total. The molecular formula is C26H28N4O5. The minimum absolute atomic E-state index is 0.00386. The monoisotopic (exact) mass is 476 g/mol. The number of pyridine rings is 2. The van der Waals surface area contributed by atoms with Gasteiger partial charge < -0.3 is 24.8 Å². The number of hydrogen-bond acceptors (Lipinski definition) is 7. The first kappa shape index (κ1) is 24.0. The number of aromatic nitrogens is 2. The standard InChI is InChI=1S/C26H28N4O5/c1-15(2)35-23-9-8-16(12-28-23)24(31)30-18-11-20-19(6-5-7-22(20)34-14-18)17-10-21(25(32)27-3)26(33-4)29-13-17/h5-10,12-13,15,18H,11,14H2,1-4H3,(H,27,32)(H,30,31)/t18-/m0/s1. The molecule has 1 atom stereocenters. The van der Waals surface area contributed by atoms with Crippen LogP contribution in [-0.4, -0.2) is 54.7 Å². The molecule has 182 valence electrons. The number of hydrogen-bond donors (Lipinski definition) is 2. The Labute approximate surface area is 203 Å². The zero-order valence-electron chi connectivity index (χ0n) is 20.1. The van der Waals surface area contributed by atoms with Crippen molar-refractivity contribution in [1.82, 2.24) is 20.6 Å². The molecule has 2 amide bonds. The maximum absolute atomic E-state index is 12.8. The van der Waals surface area contributed by atoms with Crippen LogP contribution in [0.2, 0.25) is 0 Å². The number of carbonyl (C=O) groups is 2. The highest BCUT2D eigenvalue weighted by molar-refractivity contribution is 5.97. The van der Waals surface area contributed by atoms with Gasteiger partial charge in [-0.3, -0.25) is 9.59 Å². The van der Waals surface area contributed by atoms with Crippen LogP contribution in [0.5, 0.6) is 17.5 Å². The van der Waals surface area contributed by atoms with Crippen LogP contribution in [-0.2, 0) is 6.42 Å². The van der Waals surface area contributed by atoms with Crippen LogP contribution in [0.1, 0.15) is 40.1 Å². The van der Waals surface area contributed by atoms with Crippen LogP contribution in [0.15, 0.2) is 48.8 Å². The number of rotatable bonds is 7. The third-order valence-corrected chi connectivity index (χ3v) is 5.54. The minimum atomic E-state index is -0.291. The second kappa shape index (κ2) is 10.4. The molecule has 0 aliphatic carbocycles. The average molecular weight is 477 g/mol. The van der Waals surface area contributed by atoms with E-state index in [1.807, 2.05) is 32.0 Å². The summed E-state index contributed by atoms with van der Waals surface area (Å²) in [5, 5.41) is 5.64. The van der Waals surface area contributed by atoms with E-state index in [0.717, 1.165) is 22.4 Å². The lowest BCUT2D eigenvalue weighted by Crippen LogP contribution is -2.42. The molecule has 0 fully saturated rings. The first-order valence-corrected chi connectivity index (χ1v) is 11.3. The smallest absolute Gasteiger partial charge is 0.256 e. The van der Waals surface area contributed by atoms with E-state index in [9.17, 15) is 9.59 Å². The first-order chi connectivity index (χ1) is 16.9. The fourth-order valence-electron chi connectivity index (χ4n) is 3.92. The van der Waals surface area contributed by atoms with Crippen molar-refractivity contribution < 1.29 is 23.8 Å². The summed E-state index contributed by atoms with van der Waals surface area (Å²) >= 11 is 0. The van der Waals surface area contributed by atoms with Crippen LogP contribution in [0.25, 0.3) is 11.1 Å². The summed E-state index contributed by atoms with van der Waals surface area (Å²) in [7, 11) is 3.03. The van der Waals surface area contributed by atoms with Gasteiger partial charge in [0.2, 0.25) is 11.8 Å². The second-order valence-electron chi connectivity index (χ2n) is 8.38. The third kappa shape index (κ3) is 5.34. The van der Waals surface area contributed by atoms with Gasteiger partial charge in [0.1, 0.15) is 17.9 Å². The van der Waals surface area contributed by atoms with Gasteiger partial charge >= 0.3 is 0 Å². The van der Waals surface area contributed by atoms with E-state index < -0.39 is 0 Å². The molecule has 0 spiro atoms. The Kier molecular flexibility index (Phi) is 7.14. The number of carbonyl (C=O) groups excluding carboxylic acids is 2. The summed E-state index contributed by atoms with van der Waals surface area (Å²) in [6.07, 6.45) is 3.72. The lowest BCUT2D eigenvalue weighted by atomic mass is 9.93. The van der Waals surface area contributed by atoms with Crippen molar-refractivity contribution in [3.05, 3.63) is 65.5 Å². The van der Waals surface area contributed by atoms with E-state index in [1.165, 1.54) is 13.3 Å². The van der Waals surface area contributed by atoms with Crippen LogP contribution >= 0.6 is 0 Å². The largest absolute Gasteiger partial charge is 0.491 e. The van der Waals surface area contributed by atoms with Gasteiger partial charge in [0.25, 0.3) is 11.8 Å². The molecule has 35 heavy (non-hydrogen) atoms. The van der Waals surface area contributed by atoms with E-state index >= 15 is 0 Å². The van der Waals surface area contributed by atoms with Crippen LogP contribution < -0.4 is 24.8 Å². The van der Waals surface area contributed by atoms with Gasteiger partial charge in [0.05, 0.1) is 24.8 Å². The number of ether oxygens (including phenoxy) is 3. The Morgan fingerprint density at radius 2 is 1.94 bits per heavy atom. The SMILES string of the molecule is CNC(=O)c1cc(-c2cccc3c2C[C@H](NC(=O)c2ccc(OC(C)C)nc2)CO3)cnc1OC. The molecule has 0 radical (unpaired) electrons. The molecule has 1 aliphatic rings. The van der Waals surface area contributed by atoms with Crippen molar-refractivity contribution in [3.8, 4) is 28.6 Å². The number of benzene rings is 1. The van der Waals surface area contributed by atoms with Gasteiger partial charge in [-0.05, 0) is 37.6 Å². The number of nitrogens with zero attached hydrogens (tertiary/aromatic N) is 2. The molecule has 0 unspecified atom stereocenters. The van der Waals surface area contributed by atoms with Crippen LogP contribution in [0, 0.1) is 0 Å². The van der Waals surface area contributed by atoms with Crippen molar-refractivity contribution in [2.24, 2.45) is 0 Å².